The number of para-hydroxylation sites is 1. The van der Waals surface area contributed by atoms with Gasteiger partial charge in [-0.1, -0.05) is 12.1 Å². The van der Waals surface area contributed by atoms with Crippen LogP contribution >= 0.6 is 0 Å². The molecular formula is C14H9F4NO. The lowest BCUT2D eigenvalue weighted by Crippen LogP contribution is -1.95. The van der Waals surface area contributed by atoms with Gasteiger partial charge in [-0.15, -0.1) is 0 Å². The monoisotopic (exact) mass is 283 g/mol. The average Bonchev–Trinajstić information content (AvgIpc) is 2.43. The number of phenolic OH excluding ortho intramolecular Hbond substituents is 1. The van der Waals surface area contributed by atoms with Gasteiger partial charge in [0.15, 0.2) is 23.3 Å². The highest BCUT2D eigenvalue weighted by atomic mass is 19.2. The van der Waals surface area contributed by atoms with Crippen molar-refractivity contribution in [3.63, 3.8) is 0 Å². The van der Waals surface area contributed by atoms with Crippen molar-refractivity contribution in [3.05, 3.63) is 58.7 Å². The second-order valence-corrected chi connectivity index (χ2v) is 4.09. The molecule has 1 N–H and O–H groups in total. The van der Waals surface area contributed by atoms with Crippen molar-refractivity contribution in [3.8, 4) is 5.75 Å². The average molecular weight is 283 g/mol. The van der Waals surface area contributed by atoms with Crippen LogP contribution in [0.2, 0.25) is 0 Å². The summed E-state index contributed by atoms with van der Waals surface area (Å²) in [6.07, 6.45) is 1.04. The SMILES string of the molecule is Cc1cccc(C=Nc2cc(F)c(F)c(F)c2F)c1O. The van der Waals surface area contributed by atoms with Gasteiger partial charge in [0.25, 0.3) is 0 Å². The van der Waals surface area contributed by atoms with Crippen LogP contribution in [0.4, 0.5) is 23.2 Å². The lowest BCUT2D eigenvalue weighted by molar-refractivity contribution is 0.410. The van der Waals surface area contributed by atoms with E-state index >= 15 is 0 Å². The van der Waals surface area contributed by atoms with Crippen LogP contribution in [0.3, 0.4) is 0 Å². The zero-order valence-electron chi connectivity index (χ0n) is 10.3. The number of hydrogen-bond donors (Lipinski definition) is 1. The molecule has 0 aliphatic carbocycles. The summed E-state index contributed by atoms with van der Waals surface area (Å²) in [6, 6.07) is 5.19. The van der Waals surface area contributed by atoms with Crippen molar-refractivity contribution < 1.29 is 22.7 Å². The Balaban J connectivity index is 2.45. The smallest absolute Gasteiger partial charge is 0.199 e. The van der Waals surface area contributed by atoms with Crippen LogP contribution in [0.15, 0.2) is 29.3 Å². The molecule has 0 spiro atoms. The second-order valence-electron chi connectivity index (χ2n) is 4.09. The first-order chi connectivity index (χ1) is 9.41. The molecule has 0 saturated heterocycles. The summed E-state index contributed by atoms with van der Waals surface area (Å²) in [5.74, 6) is -7.03. The van der Waals surface area contributed by atoms with E-state index < -0.39 is 29.0 Å². The fourth-order valence-electron chi connectivity index (χ4n) is 1.58. The number of nitrogens with zero attached hydrogens (tertiary/aromatic N) is 1. The Kier molecular flexibility index (Phi) is 3.74. The number of phenols is 1. The molecule has 0 unspecified atom stereocenters. The van der Waals surface area contributed by atoms with Gasteiger partial charge >= 0.3 is 0 Å². The van der Waals surface area contributed by atoms with Crippen LogP contribution in [0.5, 0.6) is 5.75 Å². The maximum atomic E-state index is 13.4. The Bertz CT molecular complexity index is 698. The van der Waals surface area contributed by atoms with E-state index in [-0.39, 0.29) is 11.3 Å². The molecule has 104 valence electrons. The van der Waals surface area contributed by atoms with Gasteiger partial charge in [-0.2, -0.15) is 0 Å². The van der Waals surface area contributed by atoms with Crippen LogP contribution in [0.25, 0.3) is 0 Å². The third-order valence-electron chi connectivity index (χ3n) is 2.70. The summed E-state index contributed by atoms with van der Waals surface area (Å²) in [4.78, 5) is 3.53. The predicted octanol–water partition coefficient (Wildman–Crippen LogP) is 4.01. The lowest BCUT2D eigenvalue weighted by atomic mass is 10.1. The number of hydrogen-bond acceptors (Lipinski definition) is 2. The van der Waals surface area contributed by atoms with Gasteiger partial charge < -0.3 is 5.11 Å². The molecule has 0 radical (unpaired) electrons. The maximum Gasteiger partial charge on any atom is 0.199 e. The summed E-state index contributed by atoms with van der Waals surface area (Å²) in [5.41, 5.74) is 0.114. The van der Waals surface area contributed by atoms with E-state index in [0.717, 1.165) is 6.21 Å². The number of aromatic hydroxyl groups is 1. The quantitative estimate of drug-likeness (QED) is 0.384. The van der Waals surface area contributed by atoms with Crippen molar-refractivity contribution >= 4 is 11.9 Å². The van der Waals surface area contributed by atoms with Crippen LogP contribution in [0, 0.1) is 30.2 Å². The molecule has 0 aromatic heterocycles. The Morgan fingerprint density at radius 2 is 1.75 bits per heavy atom. The zero-order valence-corrected chi connectivity index (χ0v) is 10.3. The fourth-order valence-corrected chi connectivity index (χ4v) is 1.58. The standard InChI is InChI=1S/C14H9F4NO/c1-7-3-2-4-8(14(7)20)6-19-10-5-9(15)11(16)13(18)12(10)17/h2-6,20H,1H3. The third-order valence-corrected chi connectivity index (χ3v) is 2.70. The molecule has 0 saturated carbocycles. The Hall–Kier alpha value is -2.37. The van der Waals surface area contributed by atoms with Crippen LogP contribution in [0.1, 0.15) is 11.1 Å². The topological polar surface area (TPSA) is 32.6 Å². The van der Waals surface area contributed by atoms with Gasteiger partial charge in [0.05, 0.1) is 0 Å². The highest BCUT2D eigenvalue weighted by molar-refractivity contribution is 5.85. The molecule has 0 atom stereocenters. The number of rotatable bonds is 2. The highest BCUT2D eigenvalue weighted by Crippen LogP contribution is 2.26. The number of halogens is 4. The van der Waals surface area contributed by atoms with Gasteiger partial charge in [0.2, 0.25) is 0 Å². The fraction of sp³-hybridized carbons (Fsp3) is 0.0714. The molecule has 0 aliphatic rings. The molecule has 6 heteroatoms. The minimum absolute atomic E-state index is 0.0836. The van der Waals surface area contributed by atoms with E-state index in [0.29, 0.717) is 11.6 Å². The largest absolute Gasteiger partial charge is 0.507 e. The van der Waals surface area contributed by atoms with Gasteiger partial charge in [-0.05, 0) is 18.6 Å². The predicted molar refractivity (Wildman–Crippen MR) is 66.4 cm³/mol. The van der Waals surface area contributed by atoms with Crippen molar-refractivity contribution in [2.45, 2.75) is 6.92 Å². The highest BCUT2D eigenvalue weighted by Gasteiger charge is 2.18. The van der Waals surface area contributed by atoms with Crippen LogP contribution in [-0.2, 0) is 0 Å². The van der Waals surface area contributed by atoms with Gasteiger partial charge in [-0.3, -0.25) is 4.99 Å². The maximum absolute atomic E-state index is 13.4. The van der Waals surface area contributed by atoms with Crippen LogP contribution < -0.4 is 0 Å². The van der Waals surface area contributed by atoms with Crippen molar-refractivity contribution in [1.82, 2.24) is 0 Å². The Labute approximate surface area is 112 Å². The van der Waals surface area contributed by atoms with E-state index in [2.05, 4.69) is 4.99 Å². The summed E-state index contributed by atoms with van der Waals surface area (Å²) >= 11 is 0. The first-order valence-corrected chi connectivity index (χ1v) is 5.57. The summed E-state index contributed by atoms with van der Waals surface area (Å²) < 4.78 is 52.1. The summed E-state index contributed by atoms with van der Waals surface area (Å²) in [5, 5.41) is 9.71. The first kappa shape index (κ1) is 14.0. The first-order valence-electron chi connectivity index (χ1n) is 5.57. The van der Waals surface area contributed by atoms with Crippen molar-refractivity contribution in [2.75, 3.05) is 0 Å². The molecule has 20 heavy (non-hydrogen) atoms. The lowest BCUT2D eigenvalue weighted by Gasteiger charge is -2.03. The van der Waals surface area contributed by atoms with Crippen LogP contribution in [-0.4, -0.2) is 11.3 Å². The molecule has 2 aromatic rings. The molecule has 0 bridgehead atoms. The minimum atomic E-state index is -1.93. The normalized spacial score (nSPS) is 11.2. The van der Waals surface area contributed by atoms with E-state index in [1.165, 1.54) is 6.07 Å². The molecule has 0 fully saturated rings. The molecular weight excluding hydrogens is 274 g/mol. The third kappa shape index (κ3) is 2.49. The van der Waals surface area contributed by atoms with Gasteiger partial charge in [-0.25, -0.2) is 17.6 Å². The van der Waals surface area contributed by atoms with E-state index in [1.807, 2.05) is 0 Å². The number of aryl methyl sites for hydroxylation is 1. The second kappa shape index (κ2) is 5.32. The summed E-state index contributed by atoms with van der Waals surface area (Å²) in [7, 11) is 0. The van der Waals surface area contributed by atoms with Crippen molar-refractivity contribution in [1.29, 1.82) is 0 Å². The van der Waals surface area contributed by atoms with E-state index in [9.17, 15) is 22.7 Å². The summed E-state index contributed by atoms with van der Waals surface area (Å²) in [6.45, 7) is 1.64. The van der Waals surface area contributed by atoms with Gasteiger partial charge in [0, 0.05) is 17.8 Å². The molecule has 2 aromatic carbocycles. The molecule has 2 rings (SSSR count). The zero-order chi connectivity index (χ0) is 14.9. The minimum Gasteiger partial charge on any atom is -0.507 e. The molecule has 0 aliphatic heterocycles. The van der Waals surface area contributed by atoms with E-state index in [4.69, 9.17) is 0 Å². The Morgan fingerprint density at radius 1 is 1.05 bits per heavy atom. The number of benzene rings is 2. The molecule has 0 heterocycles. The molecule has 0 amide bonds. The molecule has 2 nitrogen and oxygen atoms in total. The van der Waals surface area contributed by atoms with E-state index in [1.54, 1.807) is 19.1 Å². The Morgan fingerprint density at radius 3 is 2.45 bits per heavy atom. The number of aliphatic imine (C=N–C) groups is 1. The van der Waals surface area contributed by atoms with Crippen molar-refractivity contribution in [2.24, 2.45) is 4.99 Å². The van der Waals surface area contributed by atoms with Gasteiger partial charge in [0.1, 0.15) is 11.4 Å².